The van der Waals surface area contributed by atoms with Crippen LogP contribution in [0.3, 0.4) is 0 Å². The largest absolute Gasteiger partial charge is 0.494 e. The van der Waals surface area contributed by atoms with Crippen LogP contribution >= 0.6 is 0 Å². The van der Waals surface area contributed by atoms with E-state index in [2.05, 4.69) is 55.4 Å². The lowest BCUT2D eigenvalue weighted by Gasteiger charge is -2.32. The van der Waals surface area contributed by atoms with Crippen molar-refractivity contribution in [1.29, 1.82) is 0 Å². The lowest BCUT2D eigenvalue weighted by Crippen LogP contribution is -2.41. The van der Waals surface area contributed by atoms with Crippen LogP contribution in [-0.4, -0.2) is 36.6 Å². The molecule has 0 saturated carbocycles. The van der Waals surface area contributed by atoms with Crippen LogP contribution < -0.4 is 15.7 Å². The van der Waals surface area contributed by atoms with E-state index in [1.54, 1.807) is 0 Å². The molecule has 5 nitrogen and oxygen atoms in total. The molecule has 2 heterocycles. The molecule has 0 spiro atoms. The van der Waals surface area contributed by atoms with Gasteiger partial charge in [0, 0.05) is 0 Å². The van der Waals surface area contributed by atoms with Gasteiger partial charge in [0.05, 0.1) is 22.4 Å². The highest BCUT2D eigenvalue weighted by molar-refractivity contribution is 6.62. The molecule has 2 aliphatic rings. The fourth-order valence-corrected chi connectivity index (χ4v) is 3.54. The molecule has 0 amide bonds. The minimum atomic E-state index is -0.426. The molecule has 2 aliphatic heterocycles. The Kier molecular flexibility index (Phi) is 5.33. The van der Waals surface area contributed by atoms with Crippen LogP contribution in [0.5, 0.6) is 11.5 Å². The van der Waals surface area contributed by atoms with Crippen molar-refractivity contribution in [2.75, 3.05) is 0 Å². The van der Waals surface area contributed by atoms with E-state index in [4.69, 9.17) is 23.4 Å². The first kappa shape index (κ1) is 22.4. The zero-order chi connectivity index (χ0) is 22.7. The van der Waals surface area contributed by atoms with Gasteiger partial charge in [-0.15, -0.1) is 0 Å². The van der Waals surface area contributed by atoms with Crippen LogP contribution in [0.4, 0.5) is 0 Å². The summed E-state index contributed by atoms with van der Waals surface area (Å²) >= 11 is 0. The van der Waals surface area contributed by atoms with Crippen LogP contribution in [0.25, 0.3) is 0 Å². The van der Waals surface area contributed by atoms with E-state index in [9.17, 15) is 0 Å². The third kappa shape index (κ3) is 4.17. The Hall–Kier alpha value is -1.79. The van der Waals surface area contributed by atoms with Crippen molar-refractivity contribution in [2.24, 2.45) is 0 Å². The first-order valence-electron chi connectivity index (χ1n) is 10.9. The van der Waals surface area contributed by atoms with E-state index in [1.165, 1.54) is 0 Å². The molecular formula is C24H32B2O5. The number of ether oxygens (including phenoxy) is 1. The van der Waals surface area contributed by atoms with Gasteiger partial charge in [-0.2, -0.15) is 0 Å². The zero-order valence-corrected chi connectivity index (χ0v) is 19.8. The average molecular weight is 422 g/mol. The summed E-state index contributed by atoms with van der Waals surface area (Å²) in [5, 5.41) is 0. The van der Waals surface area contributed by atoms with E-state index in [-0.39, 0.29) is 22.4 Å². The second kappa shape index (κ2) is 7.38. The molecular weight excluding hydrogens is 390 g/mol. The molecule has 0 atom stereocenters. The van der Waals surface area contributed by atoms with E-state index in [0.717, 1.165) is 22.4 Å². The maximum absolute atomic E-state index is 6.17. The Morgan fingerprint density at radius 3 is 1.19 bits per heavy atom. The average Bonchev–Trinajstić information content (AvgIpc) is 3.02. The van der Waals surface area contributed by atoms with Crippen LogP contribution in [0, 0.1) is 0 Å². The smallest absolute Gasteiger partial charge is 0.457 e. The molecule has 0 unspecified atom stereocenters. The fourth-order valence-electron chi connectivity index (χ4n) is 3.54. The molecule has 2 fully saturated rings. The first-order chi connectivity index (χ1) is 14.3. The SMILES string of the molecule is CC1(C)OB(c2cccc(Oc3cccc(B4OC(C)(C)C(C)(C)O4)c3)c2)OC1(C)C. The van der Waals surface area contributed by atoms with Gasteiger partial charge in [-0.1, -0.05) is 24.3 Å². The standard InChI is InChI=1S/C24H32B2O5/c1-21(2)22(3,4)29-25(28-21)17-11-9-13-19(15-17)27-20-14-10-12-18(16-20)26-30-23(5,6)24(7,8)31-26/h9-16H,1-8H3. The Balaban J connectivity index is 1.51. The Labute approximate surface area is 186 Å². The van der Waals surface area contributed by atoms with Crippen molar-refractivity contribution in [2.45, 2.75) is 77.8 Å². The monoisotopic (exact) mass is 422 g/mol. The Morgan fingerprint density at radius 1 is 0.548 bits per heavy atom. The van der Waals surface area contributed by atoms with Crippen molar-refractivity contribution in [1.82, 2.24) is 0 Å². The van der Waals surface area contributed by atoms with Gasteiger partial charge < -0.3 is 23.4 Å². The molecule has 31 heavy (non-hydrogen) atoms. The molecule has 2 saturated heterocycles. The third-order valence-corrected chi connectivity index (χ3v) is 7.00. The number of hydrogen-bond acceptors (Lipinski definition) is 5. The number of hydrogen-bond donors (Lipinski definition) is 0. The second-order valence-electron chi connectivity index (χ2n) is 10.4. The van der Waals surface area contributed by atoms with Gasteiger partial charge in [-0.3, -0.25) is 0 Å². The van der Waals surface area contributed by atoms with Crippen LogP contribution in [0.1, 0.15) is 55.4 Å². The van der Waals surface area contributed by atoms with Crippen molar-refractivity contribution < 1.29 is 23.4 Å². The normalized spacial score (nSPS) is 23.2. The molecule has 164 valence electrons. The van der Waals surface area contributed by atoms with Gasteiger partial charge >= 0.3 is 14.2 Å². The van der Waals surface area contributed by atoms with Crippen molar-refractivity contribution in [3.63, 3.8) is 0 Å². The molecule has 0 bridgehead atoms. The maximum Gasteiger partial charge on any atom is 0.494 e. The lowest BCUT2D eigenvalue weighted by molar-refractivity contribution is 0.00578. The molecule has 0 aliphatic carbocycles. The molecule has 2 aromatic rings. The van der Waals surface area contributed by atoms with Crippen molar-refractivity contribution in [3.8, 4) is 11.5 Å². The van der Waals surface area contributed by atoms with Gasteiger partial charge in [0.25, 0.3) is 0 Å². The summed E-state index contributed by atoms with van der Waals surface area (Å²) in [5.74, 6) is 1.44. The molecule has 2 aromatic carbocycles. The summed E-state index contributed by atoms with van der Waals surface area (Å²) in [4.78, 5) is 0. The van der Waals surface area contributed by atoms with Gasteiger partial charge in [-0.05, 0) is 90.6 Å². The highest BCUT2D eigenvalue weighted by atomic mass is 16.7. The predicted molar refractivity (Wildman–Crippen MR) is 124 cm³/mol. The van der Waals surface area contributed by atoms with Gasteiger partial charge in [0.2, 0.25) is 0 Å². The van der Waals surface area contributed by atoms with E-state index in [0.29, 0.717) is 0 Å². The lowest BCUT2D eigenvalue weighted by atomic mass is 9.79. The van der Waals surface area contributed by atoms with Crippen molar-refractivity contribution in [3.05, 3.63) is 48.5 Å². The maximum atomic E-state index is 6.17. The van der Waals surface area contributed by atoms with E-state index in [1.807, 2.05) is 48.5 Å². The highest BCUT2D eigenvalue weighted by Gasteiger charge is 2.52. The Morgan fingerprint density at radius 2 is 0.871 bits per heavy atom. The van der Waals surface area contributed by atoms with Gasteiger partial charge in [0.15, 0.2) is 0 Å². The quantitative estimate of drug-likeness (QED) is 0.696. The molecule has 0 N–H and O–H groups in total. The van der Waals surface area contributed by atoms with E-state index >= 15 is 0 Å². The highest BCUT2D eigenvalue weighted by Crippen LogP contribution is 2.38. The summed E-state index contributed by atoms with van der Waals surface area (Å²) in [6, 6.07) is 15.7. The molecule has 7 heteroatoms. The predicted octanol–water partition coefficient (Wildman–Crippen LogP) is 4.08. The van der Waals surface area contributed by atoms with E-state index < -0.39 is 14.2 Å². The summed E-state index contributed by atoms with van der Waals surface area (Å²) in [5.41, 5.74) is 0.325. The van der Waals surface area contributed by atoms with Crippen LogP contribution in [0.15, 0.2) is 48.5 Å². The second-order valence-corrected chi connectivity index (χ2v) is 10.4. The summed E-state index contributed by atoms with van der Waals surface area (Å²) in [6.45, 7) is 16.4. The first-order valence-corrected chi connectivity index (χ1v) is 10.9. The Bertz CT molecular complexity index is 860. The van der Waals surface area contributed by atoms with Crippen LogP contribution in [-0.2, 0) is 18.6 Å². The molecule has 0 radical (unpaired) electrons. The molecule has 0 aromatic heterocycles. The van der Waals surface area contributed by atoms with Crippen molar-refractivity contribution >= 4 is 25.2 Å². The summed E-state index contributed by atoms with van der Waals surface area (Å²) in [6.07, 6.45) is 0. The third-order valence-electron chi connectivity index (χ3n) is 7.00. The minimum Gasteiger partial charge on any atom is -0.457 e. The topological polar surface area (TPSA) is 46.2 Å². The molecule has 4 rings (SSSR count). The van der Waals surface area contributed by atoms with Gasteiger partial charge in [-0.25, -0.2) is 0 Å². The zero-order valence-electron chi connectivity index (χ0n) is 19.8. The fraction of sp³-hybridized carbons (Fsp3) is 0.500. The number of benzene rings is 2. The number of rotatable bonds is 4. The van der Waals surface area contributed by atoms with Crippen LogP contribution in [0.2, 0.25) is 0 Å². The minimum absolute atomic E-state index is 0.383. The van der Waals surface area contributed by atoms with Gasteiger partial charge in [0.1, 0.15) is 11.5 Å². The summed E-state index contributed by atoms with van der Waals surface area (Å²) < 4.78 is 30.8. The summed E-state index contributed by atoms with van der Waals surface area (Å²) in [7, 11) is -0.853.